The summed E-state index contributed by atoms with van der Waals surface area (Å²) in [5, 5.41) is 19.1. The zero-order chi connectivity index (χ0) is 43.7. The fourth-order valence-corrected chi connectivity index (χ4v) is 10.1. The van der Waals surface area contributed by atoms with Crippen LogP contribution in [0.3, 0.4) is 0 Å². The first-order valence-electron chi connectivity index (χ1n) is 22.1. The number of fused-ring (bicyclic) bond motifs is 6. The molecule has 11 rings (SSSR count). The van der Waals surface area contributed by atoms with Gasteiger partial charge in [0.15, 0.2) is 0 Å². The number of benzene rings is 8. The van der Waals surface area contributed by atoms with Crippen LogP contribution in [-0.2, 0) is 10.8 Å². The molecule has 9 aromatic rings. The molecule has 3 heterocycles. The molecule has 308 valence electrons. The van der Waals surface area contributed by atoms with Crippen molar-refractivity contribution in [1.82, 2.24) is 15.4 Å². The second-order valence-corrected chi connectivity index (χ2v) is 18.9. The van der Waals surface area contributed by atoms with Crippen LogP contribution in [0.15, 0.2) is 186 Å². The van der Waals surface area contributed by atoms with E-state index in [2.05, 4.69) is 211 Å². The summed E-state index contributed by atoms with van der Waals surface area (Å²) >= 11 is 0. The van der Waals surface area contributed by atoms with Crippen molar-refractivity contribution >= 4 is 11.4 Å². The molecule has 0 N–H and O–H groups in total. The van der Waals surface area contributed by atoms with Gasteiger partial charge in [0.1, 0.15) is 11.4 Å². The van der Waals surface area contributed by atoms with Crippen LogP contribution in [-0.4, -0.2) is 15.4 Å². The maximum Gasteiger partial charge on any atom is 0.106 e. The van der Waals surface area contributed by atoms with E-state index in [4.69, 9.17) is 25.4 Å². The molecule has 0 amide bonds. The van der Waals surface area contributed by atoms with E-state index in [-0.39, 0.29) is 10.8 Å². The van der Waals surface area contributed by atoms with E-state index in [1.165, 1.54) is 11.1 Å². The van der Waals surface area contributed by atoms with Gasteiger partial charge in [-0.3, -0.25) is 0 Å². The first kappa shape index (κ1) is 39.2. The lowest BCUT2D eigenvalue weighted by molar-refractivity contribution is 0.533. The van der Waals surface area contributed by atoms with Gasteiger partial charge in [-0.25, -0.2) is 9.98 Å². The molecular weight excluding hydrogens is 779 g/mol. The number of hydrogen-bond acceptors (Lipinski definition) is 5. The minimum atomic E-state index is -0.320. The number of aromatic nitrogens is 3. The molecule has 0 spiro atoms. The average Bonchev–Trinajstić information content (AvgIpc) is 3.90. The van der Waals surface area contributed by atoms with Crippen LogP contribution in [0.4, 0.5) is 11.4 Å². The first-order chi connectivity index (χ1) is 31.1. The SMILES string of the molecule is CC(C)(C)c1c2c(c(-c3nnnc(-c4ccccc4)c3-c3ccccc3-c3ccccc3-c3ccccc3)c(-c3ccccc3)c1C(C)(C)C)-c1c3c(ccc1=N2)=c1ccccc1=N3. The standard InChI is InChI=1S/C59H47N5/c1-58(2,3)52-47(37-24-12-8-13-25-37)50(51-49-46(61-57(51)53(52)59(4,5)6)35-34-44-42-31-20-21-33-45(42)60-55(44)49)56-48(54(62-64-63-56)38-26-14-9-15-27-38)43-32-19-18-30-41(43)40-29-17-16-28-39(40)36-22-10-7-11-23-36/h7-35H,1-6H3. The van der Waals surface area contributed by atoms with Crippen molar-refractivity contribution in [1.29, 1.82) is 0 Å². The Labute approximate surface area is 373 Å². The third kappa shape index (κ3) is 6.33. The Morgan fingerprint density at radius 3 is 1.48 bits per heavy atom. The van der Waals surface area contributed by atoms with Crippen LogP contribution >= 0.6 is 0 Å². The van der Waals surface area contributed by atoms with Gasteiger partial charge in [-0.2, -0.15) is 0 Å². The molecule has 0 bridgehead atoms. The molecule has 0 aliphatic carbocycles. The van der Waals surface area contributed by atoms with Gasteiger partial charge < -0.3 is 0 Å². The summed E-state index contributed by atoms with van der Waals surface area (Å²) in [6.45, 7) is 14.0. The van der Waals surface area contributed by atoms with E-state index in [1.54, 1.807) is 0 Å². The fourth-order valence-electron chi connectivity index (χ4n) is 10.1. The smallest absolute Gasteiger partial charge is 0.106 e. The van der Waals surface area contributed by atoms with Crippen LogP contribution in [0.1, 0.15) is 52.7 Å². The second-order valence-electron chi connectivity index (χ2n) is 18.9. The van der Waals surface area contributed by atoms with Crippen LogP contribution in [0.2, 0.25) is 0 Å². The fraction of sp³-hybridized carbons (Fsp3) is 0.136. The molecule has 5 heteroatoms. The molecule has 0 unspecified atom stereocenters. The largest absolute Gasteiger partial charge is 0.247 e. The van der Waals surface area contributed by atoms with Crippen LogP contribution < -0.4 is 10.7 Å². The quantitative estimate of drug-likeness (QED) is 0.168. The average molecular weight is 826 g/mol. The molecule has 0 radical (unpaired) electrons. The summed E-state index contributed by atoms with van der Waals surface area (Å²) < 4.78 is 0. The van der Waals surface area contributed by atoms with E-state index < -0.39 is 0 Å². The molecule has 2 aliphatic heterocycles. The molecule has 0 fully saturated rings. The Morgan fingerprint density at radius 2 is 0.828 bits per heavy atom. The second kappa shape index (κ2) is 15.0. The molecule has 64 heavy (non-hydrogen) atoms. The Morgan fingerprint density at radius 1 is 0.312 bits per heavy atom. The Kier molecular flexibility index (Phi) is 9.21. The van der Waals surface area contributed by atoms with Crippen LogP contribution in [0.5, 0.6) is 0 Å². The minimum Gasteiger partial charge on any atom is -0.247 e. The van der Waals surface area contributed by atoms with Crippen molar-refractivity contribution in [2.24, 2.45) is 9.98 Å². The highest BCUT2D eigenvalue weighted by molar-refractivity contribution is 6.10. The third-order valence-corrected chi connectivity index (χ3v) is 12.6. The molecule has 0 atom stereocenters. The molecule has 1 aromatic heterocycles. The normalized spacial score (nSPS) is 12.5. The summed E-state index contributed by atoms with van der Waals surface area (Å²) in [6, 6.07) is 62.1. The number of para-hydroxylation sites is 1. The summed E-state index contributed by atoms with van der Waals surface area (Å²) in [4.78, 5) is 11.1. The van der Waals surface area contributed by atoms with Crippen molar-refractivity contribution in [2.45, 2.75) is 52.4 Å². The minimum absolute atomic E-state index is 0.292. The van der Waals surface area contributed by atoms with E-state index in [0.717, 1.165) is 111 Å². The lowest BCUT2D eigenvalue weighted by Gasteiger charge is -2.36. The summed E-state index contributed by atoms with van der Waals surface area (Å²) in [6.07, 6.45) is 0. The molecule has 0 saturated carbocycles. The molecule has 2 aliphatic rings. The Bertz CT molecular complexity index is 3550. The van der Waals surface area contributed by atoms with Gasteiger partial charge in [-0.1, -0.05) is 199 Å². The lowest BCUT2D eigenvalue weighted by atomic mass is 9.68. The van der Waals surface area contributed by atoms with Gasteiger partial charge in [0.05, 0.1) is 22.1 Å². The van der Waals surface area contributed by atoms with E-state index in [0.29, 0.717) is 0 Å². The first-order valence-corrected chi connectivity index (χ1v) is 22.1. The maximum absolute atomic E-state index is 5.69. The van der Waals surface area contributed by atoms with Gasteiger partial charge in [0.25, 0.3) is 0 Å². The lowest BCUT2D eigenvalue weighted by Crippen LogP contribution is -2.24. The van der Waals surface area contributed by atoms with Gasteiger partial charge in [0.2, 0.25) is 0 Å². The van der Waals surface area contributed by atoms with Gasteiger partial charge in [-0.05, 0) is 84.3 Å². The van der Waals surface area contributed by atoms with Crippen LogP contribution in [0.25, 0.3) is 78.1 Å². The highest BCUT2D eigenvalue weighted by atomic mass is 15.3. The molecule has 0 saturated heterocycles. The van der Waals surface area contributed by atoms with Gasteiger partial charge in [0, 0.05) is 38.3 Å². The highest BCUT2D eigenvalue weighted by Gasteiger charge is 2.40. The van der Waals surface area contributed by atoms with Crippen LogP contribution in [0, 0.1) is 10.4 Å². The monoisotopic (exact) mass is 825 g/mol. The van der Waals surface area contributed by atoms with Crippen molar-refractivity contribution in [2.75, 3.05) is 0 Å². The number of nitrogens with zero attached hydrogens (tertiary/aromatic N) is 5. The Hall–Kier alpha value is -7.63. The Balaban J connectivity index is 1.36. The molecule has 8 aromatic carbocycles. The summed E-state index contributed by atoms with van der Waals surface area (Å²) in [7, 11) is 0. The summed E-state index contributed by atoms with van der Waals surface area (Å²) in [5.41, 5.74) is 17.9. The van der Waals surface area contributed by atoms with Crippen molar-refractivity contribution in [3.63, 3.8) is 0 Å². The van der Waals surface area contributed by atoms with E-state index in [1.807, 2.05) is 6.07 Å². The summed E-state index contributed by atoms with van der Waals surface area (Å²) in [5.74, 6) is 0. The third-order valence-electron chi connectivity index (χ3n) is 12.6. The zero-order valence-corrected chi connectivity index (χ0v) is 37.0. The topological polar surface area (TPSA) is 63.4 Å². The van der Waals surface area contributed by atoms with E-state index in [9.17, 15) is 0 Å². The number of hydrogen-bond donors (Lipinski definition) is 0. The predicted octanol–water partition coefficient (Wildman–Crippen LogP) is 14.0. The number of rotatable bonds is 6. The van der Waals surface area contributed by atoms with Crippen molar-refractivity contribution in [3.05, 3.63) is 208 Å². The molecular formula is C59H47N5. The zero-order valence-electron chi connectivity index (χ0n) is 37.0. The van der Waals surface area contributed by atoms with Gasteiger partial charge in [-0.15, -0.1) is 10.2 Å². The predicted molar refractivity (Wildman–Crippen MR) is 261 cm³/mol. The van der Waals surface area contributed by atoms with Crippen molar-refractivity contribution < 1.29 is 0 Å². The van der Waals surface area contributed by atoms with Crippen molar-refractivity contribution in [3.8, 4) is 78.1 Å². The highest BCUT2D eigenvalue weighted by Crippen LogP contribution is 2.59. The van der Waals surface area contributed by atoms with E-state index >= 15 is 0 Å². The maximum atomic E-state index is 5.69. The molecule has 5 nitrogen and oxygen atoms in total. The van der Waals surface area contributed by atoms with Gasteiger partial charge >= 0.3 is 0 Å².